The summed E-state index contributed by atoms with van der Waals surface area (Å²) in [5, 5.41) is 62.5. The molecule has 2 unspecified atom stereocenters. The third-order valence-electron chi connectivity index (χ3n) is 5.89. The Labute approximate surface area is 242 Å². The number of carboxylic acid groups (broad SMARTS) is 3. The number of benzene rings is 3. The standard InChI is InChI=1S/C12H17NO4.C10H13NO4.C7H7NO2/c1-2-8-10(5-7(15)6-14)9(12(16)17)3-4-11(8)13;11-7-1-2-9(10(14)15)6(3-7)4-8(13)5-12;8-6-3-1-5(2-4-6)7(9)10/h3-4,7,14-15H,2,5-6,13H2,1H3,(H,16,17);1-3,8,12-13H,4-5,11H2,(H,14,15);1-4H,8H2,(H,9,10). The molecule has 13 nitrogen and oxygen atoms in total. The van der Waals surface area contributed by atoms with Crippen molar-refractivity contribution in [1.29, 1.82) is 0 Å². The van der Waals surface area contributed by atoms with E-state index < -0.39 is 43.3 Å². The average molecular weight is 588 g/mol. The van der Waals surface area contributed by atoms with Gasteiger partial charge in [0.25, 0.3) is 0 Å². The van der Waals surface area contributed by atoms with Crippen LogP contribution >= 0.6 is 0 Å². The fraction of sp³-hybridized carbons (Fsp3) is 0.276. The van der Waals surface area contributed by atoms with Crippen molar-refractivity contribution < 1.29 is 50.1 Å². The Hall–Kier alpha value is -4.69. The summed E-state index contributed by atoms with van der Waals surface area (Å²) in [6.45, 7) is 1.05. The molecule has 0 aliphatic rings. The van der Waals surface area contributed by atoms with Crippen LogP contribution in [0, 0.1) is 0 Å². The lowest BCUT2D eigenvalue weighted by Crippen LogP contribution is -2.19. The first-order valence-electron chi connectivity index (χ1n) is 12.7. The third-order valence-corrected chi connectivity index (χ3v) is 5.89. The number of carboxylic acids is 3. The van der Waals surface area contributed by atoms with Crippen molar-refractivity contribution >= 4 is 35.0 Å². The van der Waals surface area contributed by atoms with E-state index in [1.54, 1.807) is 18.2 Å². The molecule has 3 aromatic carbocycles. The van der Waals surface area contributed by atoms with Gasteiger partial charge >= 0.3 is 17.9 Å². The van der Waals surface area contributed by atoms with E-state index in [0.717, 1.165) is 5.56 Å². The number of anilines is 3. The lowest BCUT2D eigenvalue weighted by Gasteiger charge is -2.16. The van der Waals surface area contributed by atoms with E-state index in [4.69, 9.17) is 42.7 Å². The smallest absolute Gasteiger partial charge is 0.335 e. The molecule has 0 spiro atoms. The molecule has 228 valence electrons. The number of rotatable bonds is 10. The second-order valence-electron chi connectivity index (χ2n) is 9.05. The number of aromatic carboxylic acids is 3. The summed E-state index contributed by atoms with van der Waals surface area (Å²) >= 11 is 0. The number of carbonyl (C=O) groups is 3. The van der Waals surface area contributed by atoms with Gasteiger partial charge in [-0.05, 0) is 77.7 Å². The fourth-order valence-corrected chi connectivity index (χ4v) is 3.80. The molecule has 0 amide bonds. The predicted octanol–water partition coefficient (Wildman–Crippen LogP) is 1.25. The average Bonchev–Trinajstić information content (AvgIpc) is 2.93. The van der Waals surface area contributed by atoms with Gasteiger partial charge in [-0.1, -0.05) is 6.92 Å². The third kappa shape index (κ3) is 11.1. The first-order chi connectivity index (χ1) is 19.7. The second kappa shape index (κ2) is 17.2. The quantitative estimate of drug-likeness (QED) is 0.150. The molecule has 0 saturated heterocycles. The van der Waals surface area contributed by atoms with E-state index in [9.17, 15) is 24.6 Å². The number of hydrogen-bond donors (Lipinski definition) is 10. The normalized spacial score (nSPS) is 11.6. The molecule has 42 heavy (non-hydrogen) atoms. The van der Waals surface area contributed by atoms with Gasteiger partial charge < -0.3 is 52.9 Å². The molecule has 0 aromatic heterocycles. The lowest BCUT2D eigenvalue weighted by molar-refractivity contribution is 0.0680. The number of aliphatic hydroxyl groups excluding tert-OH is 4. The van der Waals surface area contributed by atoms with Crippen molar-refractivity contribution in [3.8, 4) is 0 Å². The van der Waals surface area contributed by atoms with Gasteiger partial charge in [0.1, 0.15) is 0 Å². The highest BCUT2D eigenvalue weighted by atomic mass is 16.4. The zero-order valence-corrected chi connectivity index (χ0v) is 23.0. The topological polar surface area (TPSA) is 271 Å². The second-order valence-corrected chi connectivity index (χ2v) is 9.05. The Kier molecular flexibility index (Phi) is 14.5. The highest BCUT2D eigenvalue weighted by Gasteiger charge is 2.18. The number of nitrogens with two attached hydrogens (primary N) is 3. The first-order valence-corrected chi connectivity index (χ1v) is 12.7. The monoisotopic (exact) mass is 587 g/mol. The van der Waals surface area contributed by atoms with Crippen molar-refractivity contribution in [3.05, 3.63) is 88.0 Å². The Balaban J connectivity index is 0.000000325. The number of hydrogen-bond acceptors (Lipinski definition) is 10. The lowest BCUT2D eigenvalue weighted by atomic mass is 9.93. The molecule has 2 atom stereocenters. The molecule has 13 heteroatoms. The Morgan fingerprint density at radius 3 is 1.64 bits per heavy atom. The SMILES string of the molecule is CCc1c(N)ccc(C(=O)O)c1CC(O)CO.Nc1ccc(C(=O)O)c(CC(O)CO)c1.Nc1ccc(C(=O)O)cc1. The van der Waals surface area contributed by atoms with Gasteiger partial charge in [-0.15, -0.1) is 0 Å². The molecule has 3 rings (SSSR count). The molecule has 0 saturated carbocycles. The molecule has 13 N–H and O–H groups in total. The van der Waals surface area contributed by atoms with Crippen LogP contribution in [-0.4, -0.2) is 79.1 Å². The van der Waals surface area contributed by atoms with Crippen molar-refractivity contribution in [2.24, 2.45) is 0 Å². The molecular formula is C29H37N3O10. The fourth-order valence-electron chi connectivity index (χ4n) is 3.80. The van der Waals surface area contributed by atoms with Gasteiger partial charge in [-0.3, -0.25) is 0 Å². The summed E-state index contributed by atoms with van der Waals surface area (Å²) in [5.74, 6) is -3.06. The van der Waals surface area contributed by atoms with Crippen LogP contribution in [0.5, 0.6) is 0 Å². The molecular weight excluding hydrogens is 550 g/mol. The summed E-state index contributed by atoms with van der Waals surface area (Å²) in [5.41, 5.74) is 20.3. The predicted molar refractivity (Wildman–Crippen MR) is 156 cm³/mol. The van der Waals surface area contributed by atoms with Gasteiger partial charge in [0.05, 0.1) is 42.1 Å². The van der Waals surface area contributed by atoms with Crippen molar-refractivity contribution in [3.63, 3.8) is 0 Å². The molecule has 0 heterocycles. The number of nitrogen functional groups attached to an aromatic ring is 3. The van der Waals surface area contributed by atoms with Crippen molar-refractivity contribution in [2.75, 3.05) is 30.4 Å². The van der Waals surface area contributed by atoms with Gasteiger partial charge in [-0.25, -0.2) is 14.4 Å². The van der Waals surface area contributed by atoms with E-state index >= 15 is 0 Å². The highest BCUT2D eigenvalue weighted by molar-refractivity contribution is 5.91. The summed E-state index contributed by atoms with van der Waals surface area (Å²) in [6, 6.07) is 13.4. The summed E-state index contributed by atoms with van der Waals surface area (Å²) < 4.78 is 0. The van der Waals surface area contributed by atoms with Crippen LogP contribution < -0.4 is 17.2 Å². The Morgan fingerprint density at radius 1 is 0.667 bits per heavy atom. The molecule has 3 aromatic rings. The van der Waals surface area contributed by atoms with Gasteiger partial charge in [0.2, 0.25) is 0 Å². The van der Waals surface area contributed by atoms with Crippen LogP contribution in [0.3, 0.4) is 0 Å². The van der Waals surface area contributed by atoms with Crippen LogP contribution in [0.4, 0.5) is 17.1 Å². The van der Waals surface area contributed by atoms with E-state index in [2.05, 4.69) is 0 Å². The summed E-state index contributed by atoms with van der Waals surface area (Å²) in [6.07, 6.45) is -1.19. The Bertz CT molecular complexity index is 1350. The first kappa shape index (κ1) is 35.3. The van der Waals surface area contributed by atoms with E-state index in [1.807, 2.05) is 6.92 Å². The van der Waals surface area contributed by atoms with E-state index in [1.165, 1.54) is 36.4 Å². The maximum Gasteiger partial charge on any atom is 0.335 e. The van der Waals surface area contributed by atoms with Crippen LogP contribution in [0.2, 0.25) is 0 Å². The summed E-state index contributed by atoms with van der Waals surface area (Å²) in [4.78, 5) is 32.2. The molecule has 0 aliphatic carbocycles. The molecule has 0 aliphatic heterocycles. The minimum atomic E-state index is -1.07. The van der Waals surface area contributed by atoms with E-state index in [-0.39, 0.29) is 29.5 Å². The van der Waals surface area contributed by atoms with Crippen molar-refractivity contribution in [2.45, 2.75) is 38.4 Å². The van der Waals surface area contributed by atoms with Gasteiger partial charge in [-0.2, -0.15) is 0 Å². The van der Waals surface area contributed by atoms with Crippen LogP contribution in [0.1, 0.15) is 54.7 Å². The highest BCUT2D eigenvalue weighted by Crippen LogP contribution is 2.24. The van der Waals surface area contributed by atoms with E-state index in [0.29, 0.717) is 34.6 Å². The molecule has 0 fully saturated rings. The van der Waals surface area contributed by atoms with Crippen LogP contribution in [0.25, 0.3) is 0 Å². The summed E-state index contributed by atoms with van der Waals surface area (Å²) in [7, 11) is 0. The zero-order valence-electron chi connectivity index (χ0n) is 23.0. The maximum atomic E-state index is 11.1. The zero-order chi connectivity index (χ0) is 32.0. The maximum absolute atomic E-state index is 11.1. The number of aliphatic hydroxyl groups is 4. The van der Waals surface area contributed by atoms with Crippen LogP contribution in [0.15, 0.2) is 54.6 Å². The molecule has 0 bridgehead atoms. The minimum absolute atomic E-state index is 0.0726. The van der Waals surface area contributed by atoms with Crippen LogP contribution in [-0.2, 0) is 19.3 Å². The Morgan fingerprint density at radius 2 is 1.17 bits per heavy atom. The molecule has 0 radical (unpaired) electrons. The minimum Gasteiger partial charge on any atom is -0.478 e. The van der Waals surface area contributed by atoms with Gasteiger partial charge in [0, 0.05) is 29.9 Å². The van der Waals surface area contributed by atoms with Gasteiger partial charge in [0.15, 0.2) is 0 Å². The van der Waals surface area contributed by atoms with Crippen molar-refractivity contribution in [1.82, 2.24) is 0 Å². The largest absolute Gasteiger partial charge is 0.478 e.